The van der Waals surface area contributed by atoms with Crippen LogP contribution < -0.4 is 16.2 Å². The Morgan fingerprint density at radius 2 is 2.33 bits per heavy atom. The third kappa shape index (κ3) is 2.88. The Labute approximate surface area is 106 Å². The van der Waals surface area contributed by atoms with Gasteiger partial charge in [-0.15, -0.1) is 0 Å². The number of nitrogens with one attached hydrogen (secondary N) is 2. The summed E-state index contributed by atoms with van der Waals surface area (Å²) in [5.74, 6) is 0.705. The van der Waals surface area contributed by atoms with Gasteiger partial charge in [-0.1, -0.05) is 13.8 Å². The highest BCUT2D eigenvalue weighted by Crippen LogP contribution is 2.10. The topological polar surface area (TPSA) is 79.2 Å². The number of β-amino-alcohol motifs (C(OH)–C–C–N with tert-alkyl or cyclic N) is 1. The Kier molecular flexibility index (Phi) is 3.68. The average molecular weight is 252 g/mol. The van der Waals surface area contributed by atoms with Crippen molar-refractivity contribution in [2.45, 2.75) is 26.0 Å². The first-order valence-electron chi connectivity index (χ1n) is 6.23. The van der Waals surface area contributed by atoms with Crippen LogP contribution in [0.15, 0.2) is 17.2 Å². The van der Waals surface area contributed by atoms with Gasteiger partial charge in [0.15, 0.2) is 5.82 Å². The SMILES string of the molecule is CC(C)Cn1ccnc(NCC2(O)CNC2)c1=O. The first kappa shape index (κ1) is 13.0. The number of hydrogen-bond donors (Lipinski definition) is 3. The summed E-state index contributed by atoms with van der Waals surface area (Å²) in [6.07, 6.45) is 3.29. The molecule has 0 bridgehead atoms. The van der Waals surface area contributed by atoms with E-state index in [4.69, 9.17) is 0 Å². The van der Waals surface area contributed by atoms with E-state index in [0.717, 1.165) is 0 Å². The van der Waals surface area contributed by atoms with Gasteiger partial charge < -0.3 is 20.3 Å². The zero-order valence-corrected chi connectivity index (χ0v) is 10.8. The zero-order chi connectivity index (χ0) is 13.2. The third-order valence-corrected chi connectivity index (χ3v) is 2.97. The molecule has 0 amide bonds. The predicted octanol–water partition coefficient (Wildman–Crippen LogP) is -0.354. The van der Waals surface area contributed by atoms with Gasteiger partial charge in [0, 0.05) is 38.6 Å². The standard InChI is InChI=1S/C12H20N4O2/c1-9(2)5-16-4-3-14-10(11(16)17)15-8-12(18)6-13-7-12/h3-4,9,13,18H,5-8H2,1-2H3,(H,14,15). The lowest BCUT2D eigenvalue weighted by molar-refractivity contribution is 0.00303. The van der Waals surface area contributed by atoms with Gasteiger partial charge in [-0.05, 0) is 5.92 Å². The van der Waals surface area contributed by atoms with Gasteiger partial charge in [0.1, 0.15) is 5.60 Å². The maximum absolute atomic E-state index is 12.1. The van der Waals surface area contributed by atoms with E-state index in [9.17, 15) is 9.90 Å². The van der Waals surface area contributed by atoms with Crippen molar-refractivity contribution in [2.75, 3.05) is 25.0 Å². The molecule has 0 saturated carbocycles. The summed E-state index contributed by atoms with van der Waals surface area (Å²) in [7, 11) is 0. The van der Waals surface area contributed by atoms with Gasteiger partial charge in [0.2, 0.25) is 0 Å². The van der Waals surface area contributed by atoms with Gasteiger partial charge in [0.25, 0.3) is 5.56 Å². The second-order valence-corrected chi connectivity index (χ2v) is 5.31. The van der Waals surface area contributed by atoms with Crippen LogP contribution >= 0.6 is 0 Å². The fraction of sp³-hybridized carbons (Fsp3) is 0.667. The molecule has 1 fully saturated rings. The largest absolute Gasteiger partial charge is 0.385 e. The minimum atomic E-state index is -0.757. The average Bonchev–Trinajstić information content (AvgIpc) is 2.27. The maximum atomic E-state index is 12.1. The Hall–Kier alpha value is -1.40. The van der Waals surface area contributed by atoms with Crippen molar-refractivity contribution >= 4 is 5.82 Å². The van der Waals surface area contributed by atoms with Gasteiger partial charge in [-0.25, -0.2) is 4.98 Å². The molecule has 1 aliphatic rings. The molecule has 18 heavy (non-hydrogen) atoms. The first-order chi connectivity index (χ1) is 8.50. The van der Waals surface area contributed by atoms with E-state index in [0.29, 0.717) is 37.9 Å². The molecule has 0 atom stereocenters. The smallest absolute Gasteiger partial charge is 0.293 e. The molecule has 3 N–H and O–H groups in total. The molecule has 1 aliphatic heterocycles. The molecule has 1 aromatic heterocycles. The summed E-state index contributed by atoms with van der Waals surface area (Å²) in [5.41, 5.74) is -0.894. The molecule has 0 aromatic carbocycles. The highest BCUT2D eigenvalue weighted by atomic mass is 16.3. The van der Waals surface area contributed by atoms with Crippen LogP contribution in [0.2, 0.25) is 0 Å². The summed E-state index contributed by atoms with van der Waals surface area (Å²) in [5, 5.41) is 15.8. The van der Waals surface area contributed by atoms with E-state index >= 15 is 0 Å². The van der Waals surface area contributed by atoms with Crippen LogP contribution in [0.25, 0.3) is 0 Å². The molecule has 6 heteroatoms. The number of anilines is 1. The Bertz CT molecular complexity index is 465. The molecule has 6 nitrogen and oxygen atoms in total. The molecule has 0 spiro atoms. The predicted molar refractivity (Wildman–Crippen MR) is 69.6 cm³/mol. The van der Waals surface area contributed by atoms with Crippen LogP contribution in [0.5, 0.6) is 0 Å². The van der Waals surface area contributed by atoms with Crippen molar-refractivity contribution in [3.05, 3.63) is 22.7 Å². The van der Waals surface area contributed by atoms with E-state index < -0.39 is 5.60 Å². The minimum absolute atomic E-state index is 0.137. The molecule has 2 heterocycles. The molecule has 1 saturated heterocycles. The number of aliphatic hydroxyl groups is 1. The van der Waals surface area contributed by atoms with Crippen molar-refractivity contribution < 1.29 is 5.11 Å². The highest BCUT2D eigenvalue weighted by molar-refractivity contribution is 5.32. The van der Waals surface area contributed by atoms with Crippen LogP contribution in [-0.2, 0) is 6.54 Å². The van der Waals surface area contributed by atoms with Crippen LogP contribution in [0, 0.1) is 5.92 Å². The van der Waals surface area contributed by atoms with Crippen molar-refractivity contribution in [3.63, 3.8) is 0 Å². The first-order valence-corrected chi connectivity index (χ1v) is 6.23. The minimum Gasteiger partial charge on any atom is -0.385 e. The van der Waals surface area contributed by atoms with Crippen LogP contribution in [-0.4, -0.2) is 39.9 Å². The number of nitrogens with zero attached hydrogens (tertiary/aromatic N) is 2. The van der Waals surface area contributed by atoms with Crippen molar-refractivity contribution in [1.82, 2.24) is 14.9 Å². The van der Waals surface area contributed by atoms with Gasteiger partial charge in [-0.2, -0.15) is 0 Å². The maximum Gasteiger partial charge on any atom is 0.293 e. The fourth-order valence-corrected chi connectivity index (χ4v) is 1.89. The van der Waals surface area contributed by atoms with Crippen molar-refractivity contribution in [2.24, 2.45) is 5.92 Å². The summed E-state index contributed by atoms with van der Waals surface area (Å²) in [6, 6.07) is 0. The molecule has 0 radical (unpaired) electrons. The molecule has 0 aliphatic carbocycles. The quantitative estimate of drug-likeness (QED) is 0.667. The summed E-state index contributed by atoms with van der Waals surface area (Å²) in [4.78, 5) is 16.1. The summed E-state index contributed by atoms with van der Waals surface area (Å²) < 4.78 is 1.64. The lowest BCUT2D eigenvalue weighted by Gasteiger charge is -2.37. The molecular weight excluding hydrogens is 232 g/mol. The zero-order valence-electron chi connectivity index (χ0n) is 10.8. The summed E-state index contributed by atoms with van der Waals surface area (Å²) >= 11 is 0. The van der Waals surface area contributed by atoms with Crippen LogP contribution in [0.4, 0.5) is 5.82 Å². The van der Waals surface area contributed by atoms with Crippen LogP contribution in [0.3, 0.4) is 0 Å². The monoisotopic (exact) mass is 252 g/mol. The fourth-order valence-electron chi connectivity index (χ4n) is 1.89. The Morgan fingerprint density at radius 3 is 2.89 bits per heavy atom. The molecule has 0 unspecified atom stereocenters. The normalized spacial score (nSPS) is 17.6. The second kappa shape index (κ2) is 5.07. The van der Waals surface area contributed by atoms with E-state index in [1.807, 2.05) is 0 Å². The van der Waals surface area contributed by atoms with Gasteiger partial charge in [-0.3, -0.25) is 4.79 Å². The highest BCUT2D eigenvalue weighted by Gasteiger charge is 2.34. The van der Waals surface area contributed by atoms with Crippen LogP contribution in [0.1, 0.15) is 13.8 Å². The third-order valence-electron chi connectivity index (χ3n) is 2.97. The number of hydrogen-bond acceptors (Lipinski definition) is 5. The van der Waals surface area contributed by atoms with E-state index in [1.54, 1.807) is 17.0 Å². The van der Waals surface area contributed by atoms with E-state index in [-0.39, 0.29) is 5.56 Å². The molecule has 2 rings (SSSR count). The van der Waals surface area contributed by atoms with Gasteiger partial charge in [0.05, 0.1) is 0 Å². The van der Waals surface area contributed by atoms with E-state index in [2.05, 4.69) is 29.5 Å². The second-order valence-electron chi connectivity index (χ2n) is 5.31. The summed E-state index contributed by atoms with van der Waals surface area (Å²) in [6.45, 7) is 6.22. The van der Waals surface area contributed by atoms with E-state index in [1.165, 1.54) is 0 Å². The lowest BCUT2D eigenvalue weighted by Crippen LogP contribution is -2.63. The molecular formula is C12H20N4O2. The van der Waals surface area contributed by atoms with Gasteiger partial charge >= 0.3 is 0 Å². The molecule has 100 valence electrons. The Balaban J connectivity index is 2.06. The lowest BCUT2D eigenvalue weighted by atomic mass is 9.97. The Morgan fingerprint density at radius 1 is 1.61 bits per heavy atom. The van der Waals surface area contributed by atoms with Crippen molar-refractivity contribution in [3.8, 4) is 0 Å². The van der Waals surface area contributed by atoms with Crippen molar-refractivity contribution in [1.29, 1.82) is 0 Å². The molecule has 1 aromatic rings. The number of aromatic nitrogens is 2. The number of rotatable bonds is 5.